The Bertz CT molecular complexity index is 597. The number of ether oxygens (including phenoxy) is 1. The number of nitrogens with zero attached hydrogens (tertiary/aromatic N) is 1. The van der Waals surface area contributed by atoms with Crippen LogP contribution in [-0.4, -0.2) is 50.1 Å². The number of amides is 1. The van der Waals surface area contributed by atoms with Gasteiger partial charge in [-0.2, -0.15) is 8.42 Å². The molecule has 1 aliphatic carbocycles. The fraction of sp³-hybridized carbons (Fsp3) is 0.867. The van der Waals surface area contributed by atoms with Crippen molar-refractivity contribution in [2.75, 3.05) is 18.9 Å². The lowest BCUT2D eigenvalue weighted by Crippen LogP contribution is -2.44. The fourth-order valence-corrected chi connectivity index (χ4v) is 4.10. The molecule has 0 aromatic carbocycles. The highest BCUT2D eigenvalue weighted by Gasteiger charge is 2.41. The van der Waals surface area contributed by atoms with Crippen molar-refractivity contribution in [1.29, 1.82) is 0 Å². The lowest BCUT2D eigenvalue weighted by Gasteiger charge is -2.45. The van der Waals surface area contributed by atoms with E-state index in [1.54, 1.807) is 6.08 Å². The molecule has 0 aromatic heterocycles. The summed E-state index contributed by atoms with van der Waals surface area (Å²) >= 11 is 0. The summed E-state index contributed by atoms with van der Waals surface area (Å²) in [5.74, 6) is -0.447. The molecule has 2 unspecified atom stereocenters. The van der Waals surface area contributed by atoms with Crippen LogP contribution in [0.15, 0.2) is 4.99 Å². The standard InChI is InChI=1S/C15H26N2O6S/c1-14(2)7-12(17-11-18)8-15(3,9-14)10-16-13(19)23-5-4-6-24(20,21)22/h12H,4-10H2,1-3H3,(H,16,19)(H,20,21,22). The predicted octanol–water partition coefficient (Wildman–Crippen LogP) is 1.91. The number of carbonyl (C=O) groups is 1. The van der Waals surface area contributed by atoms with Crippen LogP contribution in [0.25, 0.3) is 0 Å². The molecule has 0 spiro atoms. The van der Waals surface area contributed by atoms with Gasteiger partial charge in [-0.1, -0.05) is 20.8 Å². The van der Waals surface area contributed by atoms with E-state index in [0.29, 0.717) is 13.0 Å². The smallest absolute Gasteiger partial charge is 0.407 e. The Balaban J connectivity index is 2.46. The number of alkyl carbamates (subject to hydrolysis) is 1. The minimum Gasteiger partial charge on any atom is -0.450 e. The normalized spacial score (nSPS) is 26.2. The van der Waals surface area contributed by atoms with Crippen LogP contribution in [0.2, 0.25) is 0 Å². The molecule has 9 heteroatoms. The largest absolute Gasteiger partial charge is 0.450 e. The number of hydrogen-bond acceptors (Lipinski definition) is 6. The van der Waals surface area contributed by atoms with Crippen molar-refractivity contribution in [3.63, 3.8) is 0 Å². The maximum Gasteiger partial charge on any atom is 0.407 e. The van der Waals surface area contributed by atoms with E-state index in [9.17, 15) is 18.0 Å². The summed E-state index contributed by atoms with van der Waals surface area (Å²) in [6.45, 7) is 6.51. The van der Waals surface area contributed by atoms with Gasteiger partial charge >= 0.3 is 6.09 Å². The molecule has 0 aliphatic heterocycles. The zero-order valence-electron chi connectivity index (χ0n) is 14.4. The van der Waals surface area contributed by atoms with Gasteiger partial charge in [-0.3, -0.25) is 4.55 Å². The van der Waals surface area contributed by atoms with Crippen molar-refractivity contribution in [3.05, 3.63) is 0 Å². The molecule has 0 bridgehead atoms. The molecule has 1 fully saturated rings. The molecular weight excluding hydrogens is 336 g/mol. The first-order chi connectivity index (χ1) is 10.9. The molecule has 1 aliphatic rings. The minimum atomic E-state index is -4.04. The molecule has 2 N–H and O–H groups in total. The van der Waals surface area contributed by atoms with Crippen LogP contribution in [0, 0.1) is 10.8 Å². The van der Waals surface area contributed by atoms with Crippen molar-refractivity contribution in [2.45, 2.75) is 52.5 Å². The quantitative estimate of drug-likeness (QED) is 0.309. The van der Waals surface area contributed by atoms with Gasteiger partial charge in [-0.05, 0) is 36.5 Å². The van der Waals surface area contributed by atoms with Crippen LogP contribution >= 0.6 is 0 Å². The topological polar surface area (TPSA) is 122 Å². The second kappa shape index (κ2) is 8.09. The van der Waals surface area contributed by atoms with Crippen LogP contribution in [0.1, 0.15) is 46.5 Å². The maximum atomic E-state index is 11.7. The highest BCUT2D eigenvalue weighted by molar-refractivity contribution is 7.85. The van der Waals surface area contributed by atoms with E-state index in [2.05, 4.69) is 24.2 Å². The first-order valence-corrected chi connectivity index (χ1v) is 9.48. The van der Waals surface area contributed by atoms with Gasteiger partial charge < -0.3 is 10.1 Å². The van der Waals surface area contributed by atoms with Gasteiger partial charge in [0.2, 0.25) is 6.08 Å². The van der Waals surface area contributed by atoms with Gasteiger partial charge in [0.15, 0.2) is 0 Å². The summed E-state index contributed by atoms with van der Waals surface area (Å²) in [7, 11) is -4.04. The maximum absolute atomic E-state index is 11.7. The molecule has 0 heterocycles. The van der Waals surface area contributed by atoms with Crippen molar-refractivity contribution in [3.8, 4) is 0 Å². The van der Waals surface area contributed by atoms with Gasteiger partial charge in [0, 0.05) is 6.54 Å². The Morgan fingerprint density at radius 1 is 1.38 bits per heavy atom. The summed E-state index contributed by atoms with van der Waals surface area (Å²) in [5.41, 5.74) is -0.223. The van der Waals surface area contributed by atoms with Crippen LogP contribution in [0.5, 0.6) is 0 Å². The molecule has 1 saturated carbocycles. The molecular formula is C15H26N2O6S. The lowest BCUT2D eigenvalue weighted by molar-refractivity contribution is 0.0784. The summed E-state index contributed by atoms with van der Waals surface area (Å²) in [6, 6.07) is -0.108. The van der Waals surface area contributed by atoms with Crippen LogP contribution in [-0.2, 0) is 19.6 Å². The fourth-order valence-electron chi connectivity index (χ4n) is 3.62. The summed E-state index contributed by atoms with van der Waals surface area (Å²) in [6.07, 6.45) is 3.37. The number of rotatable bonds is 7. The Labute approximate surface area is 142 Å². The molecule has 1 amide bonds. The number of carbonyl (C=O) groups excluding carboxylic acids is 2. The molecule has 2 atom stereocenters. The van der Waals surface area contributed by atoms with Gasteiger partial charge in [0.1, 0.15) is 0 Å². The Morgan fingerprint density at radius 3 is 2.62 bits per heavy atom. The molecule has 0 aromatic rings. The Kier molecular flexibility index (Phi) is 6.95. The molecule has 0 radical (unpaired) electrons. The van der Waals surface area contributed by atoms with E-state index >= 15 is 0 Å². The third kappa shape index (κ3) is 7.90. The summed E-state index contributed by atoms with van der Waals surface area (Å²) in [4.78, 5) is 26.1. The van der Waals surface area contributed by atoms with E-state index in [1.165, 1.54) is 0 Å². The third-order valence-corrected chi connectivity index (χ3v) is 4.90. The summed E-state index contributed by atoms with van der Waals surface area (Å²) in [5, 5.41) is 2.68. The molecule has 24 heavy (non-hydrogen) atoms. The van der Waals surface area contributed by atoms with Crippen LogP contribution in [0.3, 0.4) is 0 Å². The van der Waals surface area contributed by atoms with E-state index in [0.717, 1.165) is 12.8 Å². The molecule has 8 nitrogen and oxygen atoms in total. The van der Waals surface area contributed by atoms with E-state index in [1.807, 2.05) is 6.92 Å². The van der Waals surface area contributed by atoms with Crippen molar-refractivity contribution in [2.24, 2.45) is 15.8 Å². The van der Waals surface area contributed by atoms with Gasteiger partial charge in [-0.15, -0.1) is 0 Å². The van der Waals surface area contributed by atoms with E-state index < -0.39 is 22.0 Å². The average Bonchev–Trinajstić information content (AvgIpc) is 2.38. The lowest BCUT2D eigenvalue weighted by atomic mass is 9.63. The van der Waals surface area contributed by atoms with E-state index in [-0.39, 0.29) is 29.9 Å². The SMILES string of the molecule is CC1(C)CC(N=C=O)CC(C)(CNC(=O)OCCCS(=O)(=O)O)C1. The van der Waals surface area contributed by atoms with Crippen LogP contribution in [0.4, 0.5) is 4.79 Å². The van der Waals surface area contributed by atoms with Gasteiger partial charge in [-0.25, -0.2) is 14.6 Å². The number of aliphatic imine (C=N–C) groups is 1. The van der Waals surface area contributed by atoms with Gasteiger partial charge in [0.25, 0.3) is 10.1 Å². The number of isocyanates is 1. The van der Waals surface area contributed by atoms with Crippen LogP contribution < -0.4 is 5.32 Å². The molecule has 138 valence electrons. The first-order valence-electron chi connectivity index (χ1n) is 7.88. The summed E-state index contributed by atoms with van der Waals surface area (Å²) < 4.78 is 34.6. The zero-order chi connectivity index (χ0) is 18.4. The van der Waals surface area contributed by atoms with Crippen molar-refractivity contribution >= 4 is 22.3 Å². The molecule has 1 rings (SSSR count). The number of nitrogens with one attached hydrogen (secondary N) is 1. The Hall–Kier alpha value is -1.44. The number of hydrogen-bond donors (Lipinski definition) is 2. The monoisotopic (exact) mass is 362 g/mol. The average molecular weight is 362 g/mol. The van der Waals surface area contributed by atoms with Crippen molar-refractivity contribution in [1.82, 2.24) is 5.32 Å². The first kappa shape index (κ1) is 20.6. The highest BCUT2D eigenvalue weighted by atomic mass is 32.2. The van der Waals surface area contributed by atoms with Crippen molar-refractivity contribution < 1.29 is 27.3 Å². The highest BCUT2D eigenvalue weighted by Crippen LogP contribution is 2.46. The second-order valence-corrected chi connectivity index (χ2v) is 9.14. The predicted molar refractivity (Wildman–Crippen MR) is 88.0 cm³/mol. The Morgan fingerprint density at radius 2 is 2.04 bits per heavy atom. The second-order valence-electron chi connectivity index (χ2n) is 7.56. The third-order valence-electron chi connectivity index (χ3n) is 4.10. The molecule has 0 saturated heterocycles. The van der Waals surface area contributed by atoms with Gasteiger partial charge in [0.05, 0.1) is 18.4 Å². The zero-order valence-corrected chi connectivity index (χ0v) is 15.2. The van der Waals surface area contributed by atoms with E-state index in [4.69, 9.17) is 9.29 Å². The minimum absolute atomic E-state index is 0.000906.